The second-order valence-electron chi connectivity index (χ2n) is 14.1. The number of likely N-dealkylation sites (N-methyl/N-ethyl adjacent to an activating group) is 1. The summed E-state index contributed by atoms with van der Waals surface area (Å²) in [6.45, 7) is 7.44. The maximum absolute atomic E-state index is 13.6. The summed E-state index contributed by atoms with van der Waals surface area (Å²) in [5.41, 5.74) is 7.40. The molecule has 0 unspecified atom stereocenters. The predicted molar refractivity (Wildman–Crippen MR) is 215 cm³/mol. The van der Waals surface area contributed by atoms with Gasteiger partial charge in [-0.15, -0.1) is 6.58 Å². The molecule has 10 heteroatoms. The SMILES string of the molecule is C=CCN(C)C[C@H]1C[C@@H](c2ccc(CO)cc2)O[C@@H](c2ccc(-c3cccc(CNC(=O)[C@@H](Cc4ccccc4)NS(=O)(=O)c4ccc(C)cc4)c3)cc2)O1. The van der Waals surface area contributed by atoms with Crippen LogP contribution in [-0.2, 0) is 43.9 Å². The Morgan fingerprint density at radius 2 is 1.55 bits per heavy atom. The molecule has 0 radical (unpaired) electrons. The molecule has 1 aliphatic heterocycles. The van der Waals surface area contributed by atoms with Crippen molar-refractivity contribution in [1.29, 1.82) is 0 Å². The number of aliphatic hydroxyl groups excluding tert-OH is 1. The molecule has 5 aromatic rings. The highest BCUT2D eigenvalue weighted by Gasteiger charge is 2.33. The van der Waals surface area contributed by atoms with E-state index in [1.165, 1.54) is 0 Å². The zero-order valence-corrected chi connectivity index (χ0v) is 32.1. The Hall–Kier alpha value is -4.94. The maximum Gasteiger partial charge on any atom is 0.241 e. The van der Waals surface area contributed by atoms with Crippen LogP contribution in [0.15, 0.2) is 145 Å². The van der Waals surface area contributed by atoms with Crippen LogP contribution in [0.4, 0.5) is 0 Å². The molecule has 1 saturated heterocycles. The van der Waals surface area contributed by atoms with Gasteiger partial charge in [-0.1, -0.05) is 121 Å². The summed E-state index contributed by atoms with van der Waals surface area (Å²) in [5.74, 6) is -0.418. The smallest absolute Gasteiger partial charge is 0.241 e. The van der Waals surface area contributed by atoms with Gasteiger partial charge < -0.3 is 24.8 Å². The lowest BCUT2D eigenvalue weighted by atomic mass is 9.99. The number of carbonyl (C=O) groups excluding carboxylic acids is 1. The molecule has 6 rings (SSSR count). The van der Waals surface area contributed by atoms with Crippen molar-refractivity contribution in [1.82, 2.24) is 14.9 Å². The number of hydrogen-bond donors (Lipinski definition) is 3. The number of ether oxygens (including phenoxy) is 2. The van der Waals surface area contributed by atoms with E-state index in [0.717, 1.165) is 57.6 Å². The zero-order chi connectivity index (χ0) is 38.8. The van der Waals surface area contributed by atoms with Crippen LogP contribution in [0.2, 0.25) is 0 Å². The van der Waals surface area contributed by atoms with E-state index in [1.807, 2.05) is 123 Å². The first kappa shape index (κ1) is 39.7. The summed E-state index contributed by atoms with van der Waals surface area (Å²) in [6, 6.07) is 38.8. The minimum Gasteiger partial charge on any atom is -0.392 e. The van der Waals surface area contributed by atoms with Crippen LogP contribution < -0.4 is 10.0 Å². The molecule has 5 aromatic carbocycles. The molecule has 4 atom stereocenters. The van der Waals surface area contributed by atoms with Crippen molar-refractivity contribution in [3.05, 3.63) is 173 Å². The fourth-order valence-corrected chi connectivity index (χ4v) is 7.89. The van der Waals surface area contributed by atoms with Crippen LogP contribution >= 0.6 is 0 Å². The van der Waals surface area contributed by atoms with Crippen LogP contribution in [0, 0.1) is 6.92 Å². The Bertz CT molecular complexity index is 2120. The third-order valence-corrected chi connectivity index (χ3v) is 11.2. The average Bonchev–Trinajstić information content (AvgIpc) is 3.20. The second kappa shape index (κ2) is 18.6. The highest BCUT2D eigenvalue weighted by molar-refractivity contribution is 7.89. The number of hydrogen-bond acceptors (Lipinski definition) is 7. The van der Waals surface area contributed by atoms with Crippen LogP contribution in [0.25, 0.3) is 11.1 Å². The van der Waals surface area contributed by atoms with E-state index in [-0.39, 0.29) is 36.7 Å². The molecule has 0 saturated carbocycles. The van der Waals surface area contributed by atoms with Crippen molar-refractivity contribution >= 4 is 15.9 Å². The van der Waals surface area contributed by atoms with Gasteiger partial charge in [0.05, 0.1) is 23.7 Å². The van der Waals surface area contributed by atoms with Crippen molar-refractivity contribution < 1.29 is 27.8 Å². The van der Waals surface area contributed by atoms with Gasteiger partial charge in [0, 0.05) is 31.6 Å². The van der Waals surface area contributed by atoms with Crippen LogP contribution in [0.3, 0.4) is 0 Å². The van der Waals surface area contributed by atoms with Crippen LogP contribution in [0.1, 0.15) is 52.2 Å². The van der Waals surface area contributed by atoms with Gasteiger partial charge in [-0.2, -0.15) is 4.72 Å². The first-order valence-corrected chi connectivity index (χ1v) is 20.0. The van der Waals surface area contributed by atoms with Crippen LogP contribution in [-0.4, -0.2) is 56.6 Å². The lowest BCUT2D eigenvalue weighted by molar-refractivity contribution is -0.252. The standard InChI is InChI=1S/C45H49N3O6S/c1-4-25-48(3)30-40-28-43(37-17-15-34(31-49)16-18-37)54-45(53-40)38-21-19-36(20-22-38)39-12-8-11-35(26-39)29-46-44(50)42(27-33-9-6-5-7-10-33)47-55(51,52)41-23-13-32(2)14-24-41/h4-24,26,40,42-43,45,47,49H,1,25,27-31H2,2-3H3,(H,46,50)/t40-,42-,43+,45+/m1/s1. The normalized spacial score (nSPS) is 17.8. The number of benzene rings is 5. The zero-order valence-electron chi connectivity index (χ0n) is 31.3. The van der Waals surface area contributed by atoms with Crippen molar-refractivity contribution in [3.8, 4) is 11.1 Å². The van der Waals surface area contributed by atoms with E-state index in [9.17, 15) is 18.3 Å². The molecule has 1 amide bonds. The topological polar surface area (TPSA) is 117 Å². The number of nitrogens with one attached hydrogen (secondary N) is 2. The molecular formula is C45H49N3O6S. The summed E-state index contributed by atoms with van der Waals surface area (Å²) in [6.07, 6.45) is 1.96. The molecule has 1 aliphatic rings. The first-order valence-electron chi connectivity index (χ1n) is 18.5. The molecule has 286 valence electrons. The molecule has 9 nitrogen and oxygen atoms in total. The van der Waals surface area contributed by atoms with Crippen molar-refractivity contribution in [2.75, 3.05) is 20.1 Å². The van der Waals surface area contributed by atoms with Gasteiger partial charge >= 0.3 is 0 Å². The molecule has 3 N–H and O–H groups in total. The summed E-state index contributed by atoms with van der Waals surface area (Å²) < 4.78 is 42.3. The molecule has 0 bridgehead atoms. The monoisotopic (exact) mass is 759 g/mol. The fourth-order valence-electron chi connectivity index (χ4n) is 6.69. The van der Waals surface area contributed by atoms with E-state index < -0.39 is 28.3 Å². The van der Waals surface area contributed by atoms with Crippen LogP contribution in [0.5, 0.6) is 0 Å². The molecule has 1 heterocycles. The summed E-state index contributed by atoms with van der Waals surface area (Å²) >= 11 is 0. The van der Waals surface area contributed by atoms with Gasteiger partial charge in [-0.05, 0) is 72.0 Å². The van der Waals surface area contributed by atoms with Gasteiger partial charge in [-0.3, -0.25) is 4.79 Å². The molecular weight excluding hydrogens is 711 g/mol. The van der Waals surface area contributed by atoms with Crippen molar-refractivity contribution in [2.24, 2.45) is 0 Å². The lowest BCUT2D eigenvalue weighted by Gasteiger charge is -2.37. The predicted octanol–water partition coefficient (Wildman–Crippen LogP) is 7.02. The van der Waals surface area contributed by atoms with Crippen molar-refractivity contribution in [2.45, 2.75) is 62.4 Å². The summed E-state index contributed by atoms with van der Waals surface area (Å²) in [7, 11) is -1.91. The second-order valence-corrected chi connectivity index (χ2v) is 15.8. The third kappa shape index (κ3) is 10.9. The highest BCUT2D eigenvalue weighted by Crippen LogP contribution is 2.38. The maximum atomic E-state index is 13.6. The number of carbonyl (C=O) groups is 1. The van der Waals surface area contributed by atoms with E-state index >= 15 is 0 Å². The van der Waals surface area contributed by atoms with Crippen molar-refractivity contribution in [3.63, 3.8) is 0 Å². The third-order valence-electron chi connectivity index (χ3n) is 9.71. The van der Waals surface area contributed by atoms with E-state index in [0.29, 0.717) is 6.42 Å². The summed E-state index contributed by atoms with van der Waals surface area (Å²) in [5, 5.41) is 12.5. The Balaban J connectivity index is 1.14. The number of amides is 1. The molecule has 0 aromatic heterocycles. The Morgan fingerprint density at radius 1 is 0.855 bits per heavy atom. The summed E-state index contributed by atoms with van der Waals surface area (Å²) in [4.78, 5) is 15.9. The average molecular weight is 760 g/mol. The Labute approximate surface area is 324 Å². The molecule has 1 fully saturated rings. The van der Waals surface area contributed by atoms with E-state index in [4.69, 9.17) is 9.47 Å². The number of aryl methyl sites for hydroxylation is 1. The largest absolute Gasteiger partial charge is 0.392 e. The molecule has 55 heavy (non-hydrogen) atoms. The Kier molecular flexibility index (Phi) is 13.4. The molecule has 0 spiro atoms. The Morgan fingerprint density at radius 3 is 2.24 bits per heavy atom. The number of nitrogens with zero attached hydrogens (tertiary/aromatic N) is 1. The number of aliphatic hydroxyl groups is 1. The fraction of sp³-hybridized carbons (Fsp3) is 0.267. The first-order chi connectivity index (χ1) is 26.6. The number of rotatable bonds is 16. The van der Waals surface area contributed by atoms with E-state index in [1.54, 1.807) is 24.3 Å². The number of sulfonamides is 1. The van der Waals surface area contributed by atoms with Gasteiger partial charge in [0.1, 0.15) is 6.04 Å². The quantitative estimate of drug-likeness (QED) is 0.0927. The lowest BCUT2D eigenvalue weighted by Crippen LogP contribution is -2.47. The minimum absolute atomic E-state index is 0.00941. The molecule has 0 aliphatic carbocycles. The van der Waals surface area contributed by atoms with Gasteiger partial charge in [0.15, 0.2) is 6.29 Å². The van der Waals surface area contributed by atoms with Gasteiger partial charge in [-0.25, -0.2) is 8.42 Å². The van der Waals surface area contributed by atoms with E-state index in [2.05, 4.69) is 21.5 Å². The van der Waals surface area contributed by atoms with Gasteiger partial charge in [0.25, 0.3) is 0 Å². The highest BCUT2D eigenvalue weighted by atomic mass is 32.2. The van der Waals surface area contributed by atoms with Gasteiger partial charge in [0.2, 0.25) is 15.9 Å². The minimum atomic E-state index is -3.95.